The second-order valence-electron chi connectivity index (χ2n) is 2.15. The lowest BCUT2D eigenvalue weighted by Gasteiger charge is -2.04. The number of ether oxygens (including phenoxy) is 1. The van der Waals surface area contributed by atoms with Crippen LogP contribution in [0.2, 0.25) is 5.02 Å². The van der Waals surface area contributed by atoms with Crippen LogP contribution in [-0.2, 0) is 0 Å². The summed E-state index contributed by atoms with van der Waals surface area (Å²) in [5.41, 5.74) is -0.199. The summed E-state index contributed by atoms with van der Waals surface area (Å²) in [7, 11) is 0. The Labute approximate surface area is 87.6 Å². The van der Waals surface area contributed by atoms with Gasteiger partial charge in [0.2, 0.25) is 0 Å². The minimum atomic E-state index is -2.97. The van der Waals surface area contributed by atoms with Gasteiger partial charge in [0.15, 0.2) is 0 Å². The quantitative estimate of drug-likeness (QED) is 0.765. The molecule has 3 nitrogen and oxygen atoms in total. The van der Waals surface area contributed by atoms with Crippen LogP contribution in [-0.4, -0.2) is 16.8 Å². The molecule has 0 aliphatic heterocycles. The Morgan fingerprint density at radius 1 is 1.57 bits per heavy atom. The normalized spacial score (nSPS) is 10.4. The molecule has 0 aliphatic carbocycles. The van der Waals surface area contributed by atoms with E-state index in [-0.39, 0.29) is 16.5 Å². The van der Waals surface area contributed by atoms with Crippen LogP contribution in [0.1, 0.15) is 10.5 Å². The fourth-order valence-electron chi connectivity index (χ4n) is 0.732. The molecule has 7 heteroatoms. The molecule has 0 aliphatic rings. The van der Waals surface area contributed by atoms with E-state index in [2.05, 4.69) is 9.72 Å². The third kappa shape index (κ3) is 2.78. The Morgan fingerprint density at radius 3 is 2.64 bits per heavy atom. The highest BCUT2D eigenvalue weighted by molar-refractivity contribution is 6.68. The summed E-state index contributed by atoms with van der Waals surface area (Å²) in [4.78, 5) is 14.1. The zero-order chi connectivity index (χ0) is 10.7. The molecule has 0 spiro atoms. The van der Waals surface area contributed by atoms with Crippen LogP contribution in [0.15, 0.2) is 12.3 Å². The highest BCUT2D eigenvalue weighted by atomic mass is 35.5. The third-order valence-electron chi connectivity index (χ3n) is 1.23. The SMILES string of the molecule is O=C(Cl)c1ncc(OC(F)F)cc1Cl. The number of alkyl halides is 2. The Balaban J connectivity index is 2.94. The van der Waals surface area contributed by atoms with Crippen molar-refractivity contribution in [3.05, 3.63) is 23.0 Å². The molecule has 0 N–H and O–H groups in total. The van der Waals surface area contributed by atoms with E-state index in [9.17, 15) is 13.6 Å². The number of halogens is 4. The van der Waals surface area contributed by atoms with E-state index in [1.165, 1.54) is 0 Å². The lowest BCUT2D eigenvalue weighted by Crippen LogP contribution is -2.03. The summed E-state index contributed by atoms with van der Waals surface area (Å²) in [6.45, 7) is -2.97. The molecule has 0 amide bonds. The van der Waals surface area contributed by atoms with Crippen molar-refractivity contribution in [2.75, 3.05) is 0 Å². The highest BCUT2D eigenvalue weighted by Crippen LogP contribution is 2.22. The van der Waals surface area contributed by atoms with Crippen LogP contribution < -0.4 is 4.74 Å². The lowest BCUT2D eigenvalue weighted by atomic mass is 10.3. The number of carbonyl (C=O) groups is 1. The van der Waals surface area contributed by atoms with E-state index >= 15 is 0 Å². The third-order valence-corrected chi connectivity index (χ3v) is 1.69. The monoisotopic (exact) mass is 241 g/mol. The van der Waals surface area contributed by atoms with E-state index in [1.807, 2.05) is 0 Å². The number of hydrogen-bond acceptors (Lipinski definition) is 3. The van der Waals surface area contributed by atoms with Crippen molar-refractivity contribution in [2.24, 2.45) is 0 Å². The smallest absolute Gasteiger partial charge is 0.387 e. The first-order valence-electron chi connectivity index (χ1n) is 3.31. The second kappa shape index (κ2) is 4.52. The first-order valence-corrected chi connectivity index (χ1v) is 4.06. The van der Waals surface area contributed by atoms with Gasteiger partial charge in [0.25, 0.3) is 5.24 Å². The standard InChI is InChI=1S/C7H3Cl2F2NO2/c8-4-1-3(14-7(10)11)2-12-5(4)6(9)13/h1-2,7H. The van der Waals surface area contributed by atoms with Gasteiger partial charge in [0, 0.05) is 6.07 Å². The molecule has 1 rings (SSSR count). The molecule has 0 saturated carbocycles. The Kier molecular flexibility index (Phi) is 3.60. The molecular weight excluding hydrogens is 239 g/mol. The van der Waals surface area contributed by atoms with Crippen molar-refractivity contribution < 1.29 is 18.3 Å². The number of hydrogen-bond donors (Lipinski definition) is 0. The summed E-state index contributed by atoms with van der Waals surface area (Å²) in [6, 6.07) is 1.04. The van der Waals surface area contributed by atoms with Crippen molar-refractivity contribution in [1.29, 1.82) is 0 Å². The number of aromatic nitrogens is 1. The fourth-order valence-corrected chi connectivity index (χ4v) is 1.17. The van der Waals surface area contributed by atoms with Crippen molar-refractivity contribution in [3.63, 3.8) is 0 Å². The van der Waals surface area contributed by atoms with Crippen LogP contribution >= 0.6 is 23.2 Å². The maximum atomic E-state index is 11.7. The maximum absolute atomic E-state index is 11.7. The van der Waals surface area contributed by atoms with Crippen LogP contribution in [0.3, 0.4) is 0 Å². The van der Waals surface area contributed by atoms with Crippen LogP contribution in [0.4, 0.5) is 8.78 Å². The van der Waals surface area contributed by atoms with Crippen molar-refractivity contribution in [2.45, 2.75) is 6.61 Å². The summed E-state index contributed by atoms with van der Waals surface area (Å²) < 4.78 is 27.4. The Bertz CT molecular complexity index is 360. The largest absolute Gasteiger partial charge is 0.433 e. The first kappa shape index (κ1) is 11.1. The van der Waals surface area contributed by atoms with Crippen LogP contribution in [0, 0.1) is 0 Å². The molecule has 0 aromatic carbocycles. The van der Waals surface area contributed by atoms with Gasteiger partial charge in [-0.15, -0.1) is 0 Å². The van der Waals surface area contributed by atoms with Gasteiger partial charge in [0.1, 0.15) is 11.4 Å². The average molecular weight is 242 g/mol. The van der Waals surface area contributed by atoms with Gasteiger partial charge in [-0.3, -0.25) is 4.79 Å². The van der Waals surface area contributed by atoms with Crippen LogP contribution in [0.5, 0.6) is 5.75 Å². The average Bonchev–Trinajstić information content (AvgIpc) is 2.01. The Hall–Kier alpha value is -0.940. The number of pyridine rings is 1. The molecule has 1 heterocycles. The predicted molar refractivity (Wildman–Crippen MR) is 46.1 cm³/mol. The van der Waals surface area contributed by atoms with E-state index in [0.29, 0.717) is 0 Å². The zero-order valence-corrected chi connectivity index (χ0v) is 8.02. The van der Waals surface area contributed by atoms with Crippen molar-refractivity contribution in [1.82, 2.24) is 4.98 Å². The molecule has 1 aromatic rings. The number of carbonyl (C=O) groups excluding carboxylic acids is 1. The summed E-state index contributed by atoms with van der Waals surface area (Å²) >= 11 is 10.6. The summed E-state index contributed by atoms with van der Waals surface area (Å²) in [5, 5.41) is -0.998. The molecular formula is C7H3Cl2F2NO2. The van der Waals surface area contributed by atoms with E-state index in [4.69, 9.17) is 23.2 Å². The van der Waals surface area contributed by atoms with Crippen LogP contribution in [0.25, 0.3) is 0 Å². The Morgan fingerprint density at radius 2 is 2.21 bits per heavy atom. The molecule has 0 bridgehead atoms. The molecule has 0 unspecified atom stereocenters. The van der Waals surface area contributed by atoms with Gasteiger partial charge in [0.05, 0.1) is 11.2 Å². The molecule has 76 valence electrons. The number of nitrogens with zero attached hydrogens (tertiary/aromatic N) is 1. The van der Waals surface area contributed by atoms with Gasteiger partial charge in [-0.2, -0.15) is 8.78 Å². The topological polar surface area (TPSA) is 39.2 Å². The molecule has 0 atom stereocenters. The number of rotatable bonds is 3. The molecule has 1 aromatic heterocycles. The van der Waals surface area contributed by atoms with Gasteiger partial charge in [-0.1, -0.05) is 11.6 Å². The molecule has 0 fully saturated rings. The predicted octanol–water partition coefficient (Wildman–Crippen LogP) is 2.72. The fraction of sp³-hybridized carbons (Fsp3) is 0.143. The lowest BCUT2D eigenvalue weighted by molar-refractivity contribution is -0.0500. The van der Waals surface area contributed by atoms with Gasteiger partial charge < -0.3 is 4.74 Å². The molecule has 0 saturated heterocycles. The molecule has 14 heavy (non-hydrogen) atoms. The van der Waals surface area contributed by atoms with E-state index in [1.54, 1.807) is 0 Å². The zero-order valence-electron chi connectivity index (χ0n) is 6.51. The summed E-state index contributed by atoms with van der Waals surface area (Å²) in [6.07, 6.45) is 0.938. The second-order valence-corrected chi connectivity index (χ2v) is 2.90. The van der Waals surface area contributed by atoms with Gasteiger partial charge >= 0.3 is 6.61 Å². The maximum Gasteiger partial charge on any atom is 0.387 e. The summed E-state index contributed by atoms with van der Waals surface area (Å²) in [5.74, 6) is -0.230. The van der Waals surface area contributed by atoms with Crippen molar-refractivity contribution in [3.8, 4) is 5.75 Å². The van der Waals surface area contributed by atoms with E-state index in [0.717, 1.165) is 12.3 Å². The van der Waals surface area contributed by atoms with E-state index < -0.39 is 11.9 Å². The van der Waals surface area contributed by atoms with Gasteiger partial charge in [-0.05, 0) is 11.6 Å². The highest BCUT2D eigenvalue weighted by Gasteiger charge is 2.12. The van der Waals surface area contributed by atoms with Crippen molar-refractivity contribution >= 4 is 28.4 Å². The van der Waals surface area contributed by atoms with Gasteiger partial charge in [-0.25, -0.2) is 4.98 Å². The minimum absolute atomic E-state index is 0.136. The first-order chi connectivity index (χ1) is 6.50. The molecule has 0 radical (unpaired) electrons. The minimum Gasteiger partial charge on any atom is -0.433 e.